The Morgan fingerprint density at radius 2 is 2.42 bits per heavy atom. The molecule has 0 radical (unpaired) electrons. The van der Waals surface area contributed by atoms with Crippen LogP contribution in [-0.2, 0) is 0 Å². The van der Waals surface area contributed by atoms with Gasteiger partial charge in [-0.15, -0.1) is 11.6 Å². The molecule has 3 heteroatoms. The van der Waals surface area contributed by atoms with Crippen molar-refractivity contribution < 1.29 is 4.39 Å². The van der Waals surface area contributed by atoms with E-state index in [1.807, 2.05) is 0 Å². The summed E-state index contributed by atoms with van der Waals surface area (Å²) >= 11 is 5.36. The largest absolute Gasteiger partial charge is 0.228 e. The summed E-state index contributed by atoms with van der Waals surface area (Å²) in [7, 11) is 0. The molecule has 0 atom stereocenters. The molecule has 0 amide bonds. The lowest BCUT2D eigenvalue weighted by atomic mass is 10.1. The summed E-state index contributed by atoms with van der Waals surface area (Å²) in [6.07, 6.45) is 1.39. The van der Waals surface area contributed by atoms with Crippen LogP contribution in [0.3, 0.4) is 0 Å². The number of hydrogen-bond donors (Lipinski definition) is 0. The Hall–Kier alpha value is -1.07. The van der Waals surface area contributed by atoms with Gasteiger partial charge in [-0.1, -0.05) is 11.8 Å². The average molecular weight is 184 g/mol. The zero-order chi connectivity index (χ0) is 8.97. The minimum atomic E-state index is -0.476. The van der Waals surface area contributed by atoms with E-state index in [0.29, 0.717) is 11.1 Å². The van der Waals surface area contributed by atoms with Gasteiger partial charge in [0.15, 0.2) is 0 Å². The summed E-state index contributed by atoms with van der Waals surface area (Å²) in [4.78, 5) is 3.48. The highest BCUT2D eigenvalue weighted by Gasteiger charge is 2.00. The molecule has 0 spiro atoms. The fourth-order valence-corrected chi connectivity index (χ4v) is 0.841. The molecule has 0 aliphatic rings. The number of rotatable bonds is 0. The zero-order valence-electron chi connectivity index (χ0n) is 6.56. The molecular formula is C9H7ClFN. The SMILES string of the molecule is Cc1c(C#CCCl)ccnc1F. The van der Waals surface area contributed by atoms with Gasteiger partial charge in [0.2, 0.25) is 5.95 Å². The van der Waals surface area contributed by atoms with E-state index >= 15 is 0 Å². The average Bonchev–Trinajstić information content (AvgIpc) is 2.08. The van der Waals surface area contributed by atoms with Crippen LogP contribution < -0.4 is 0 Å². The maximum absolute atomic E-state index is 12.8. The van der Waals surface area contributed by atoms with Crippen molar-refractivity contribution in [1.29, 1.82) is 0 Å². The molecule has 0 aromatic carbocycles. The Kier molecular flexibility index (Phi) is 3.07. The first-order valence-electron chi connectivity index (χ1n) is 3.41. The van der Waals surface area contributed by atoms with E-state index in [1.54, 1.807) is 13.0 Å². The Morgan fingerprint density at radius 1 is 1.67 bits per heavy atom. The second kappa shape index (κ2) is 4.08. The molecule has 0 saturated heterocycles. The Morgan fingerprint density at radius 3 is 3.08 bits per heavy atom. The highest BCUT2D eigenvalue weighted by molar-refractivity contribution is 6.19. The molecule has 0 aliphatic heterocycles. The number of halogens is 2. The van der Waals surface area contributed by atoms with Crippen molar-refractivity contribution >= 4 is 11.6 Å². The van der Waals surface area contributed by atoms with Gasteiger partial charge < -0.3 is 0 Å². The van der Waals surface area contributed by atoms with Gasteiger partial charge in [0.05, 0.1) is 5.88 Å². The van der Waals surface area contributed by atoms with Crippen molar-refractivity contribution in [2.24, 2.45) is 0 Å². The molecular weight excluding hydrogens is 177 g/mol. The van der Waals surface area contributed by atoms with Crippen molar-refractivity contribution in [1.82, 2.24) is 4.98 Å². The monoisotopic (exact) mass is 183 g/mol. The number of alkyl halides is 1. The van der Waals surface area contributed by atoms with Gasteiger partial charge in [-0.3, -0.25) is 0 Å². The van der Waals surface area contributed by atoms with E-state index < -0.39 is 5.95 Å². The van der Waals surface area contributed by atoms with Crippen LogP contribution in [0.25, 0.3) is 0 Å². The first-order valence-corrected chi connectivity index (χ1v) is 3.95. The molecule has 0 saturated carbocycles. The third kappa shape index (κ3) is 1.96. The minimum Gasteiger partial charge on any atom is -0.228 e. The van der Waals surface area contributed by atoms with Crippen LogP contribution >= 0.6 is 11.6 Å². The molecule has 0 fully saturated rings. The van der Waals surface area contributed by atoms with Crippen molar-refractivity contribution in [3.63, 3.8) is 0 Å². The van der Waals surface area contributed by atoms with E-state index in [0.717, 1.165) is 0 Å². The second-order valence-electron chi connectivity index (χ2n) is 2.21. The van der Waals surface area contributed by atoms with Gasteiger partial charge in [0, 0.05) is 17.3 Å². The van der Waals surface area contributed by atoms with E-state index in [9.17, 15) is 4.39 Å². The van der Waals surface area contributed by atoms with E-state index in [2.05, 4.69) is 16.8 Å². The molecule has 0 unspecified atom stereocenters. The quantitative estimate of drug-likeness (QED) is 0.341. The summed E-state index contributed by atoms with van der Waals surface area (Å²) in [6, 6.07) is 1.66. The van der Waals surface area contributed by atoms with Crippen LogP contribution in [0.2, 0.25) is 0 Å². The standard InChI is InChI=1S/C9H7ClFN/c1-7-8(3-2-5-10)4-6-12-9(7)11/h4,6H,5H2,1H3. The molecule has 1 aromatic heterocycles. The number of hydrogen-bond acceptors (Lipinski definition) is 1. The lowest BCUT2D eigenvalue weighted by molar-refractivity contribution is 0.574. The number of pyridine rings is 1. The molecule has 0 aliphatic carbocycles. The lowest BCUT2D eigenvalue weighted by Crippen LogP contribution is -1.90. The topological polar surface area (TPSA) is 12.9 Å². The third-order valence-electron chi connectivity index (χ3n) is 1.43. The Bertz CT molecular complexity index is 338. The summed E-state index contributed by atoms with van der Waals surface area (Å²) < 4.78 is 12.8. The highest BCUT2D eigenvalue weighted by atomic mass is 35.5. The van der Waals surface area contributed by atoms with E-state index in [4.69, 9.17) is 11.6 Å². The van der Waals surface area contributed by atoms with Crippen molar-refractivity contribution in [3.8, 4) is 11.8 Å². The van der Waals surface area contributed by atoms with Gasteiger partial charge in [0.1, 0.15) is 0 Å². The van der Waals surface area contributed by atoms with Crippen LogP contribution in [0, 0.1) is 24.7 Å². The normalized spacial score (nSPS) is 8.92. The summed E-state index contributed by atoms with van der Waals surface area (Å²) in [5.41, 5.74) is 1.11. The number of nitrogens with zero attached hydrogens (tertiary/aromatic N) is 1. The molecule has 1 nitrogen and oxygen atoms in total. The summed E-state index contributed by atoms with van der Waals surface area (Å²) in [6.45, 7) is 1.64. The molecule has 0 bridgehead atoms. The Labute approximate surface area is 75.6 Å². The highest BCUT2D eigenvalue weighted by Crippen LogP contribution is 2.07. The Balaban J connectivity index is 3.08. The predicted octanol–water partition coefficient (Wildman–Crippen LogP) is 2.12. The molecule has 1 rings (SSSR count). The lowest BCUT2D eigenvalue weighted by Gasteiger charge is -1.96. The zero-order valence-corrected chi connectivity index (χ0v) is 7.32. The van der Waals surface area contributed by atoms with Gasteiger partial charge in [0.25, 0.3) is 0 Å². The van der Waals surface area contributed by atoms with Gasteiger partial charge >= 0.3 is 0 Å². The summed E-state index contributed by atoms with van der Waals surface area (Å²) in [5.74, 6) is 5.17. The van der Waals surface area contributed by atoms with Gasteiger partial charge in [-0.25, -0.2) is 4.98 Å². The van der Waals surface area contributed by atoms with Crippen molar-refractivity contribution in [3.05, 3.63) is 29.3 Å². The van der Waals surface area contributed by atoms with Gasteiger partial charge in [-0.2, -0.15) is 4.39 Å². The first-order chi connectivity index (χ1) is 5.75. The molecule has 1 heterocycles. The van der Waals surface area contributed by atoms with Crippen molar-refractivity contribution in [2.75, 3.05) is 5.88 Å². The smallest absolute Gasteiger partial charge is 0.216 e. The van der Waals surface area contributed by atoms with E-state index in [-0.39, 0.29) is 5.88 Å². The summed E-state index contributed by atoms with van der Waals surface area (Å²) in [5, 5.41) is 0. The minimum absolute atomic E-state index is 0.253. The first kappa shape index (κ1) is 9.02. The molecule has 12 heavy (non-hydrogen) atoms. The molecule has 1 aromatic rings. The maximum atomic E-state index is 12.8. The predicted molar refractivity (Wildman–Crippen MR) is 46.5 cm³/mol. The molecule has 0 N–H and O–H groups in total. The fourth-order valence-electron chi connectivity index (χ4n) is 0.774. The third-order valence-corrected chi connectivity index (χ3v) is 1.57. The van der Waals surface area contributed by atoms with Crippen LogP contribution in [-0.4, -0.2) is 10.9 Å². The van der Waals surface area contributed by atoms with Crippen LogP contribution in [0.15, 0.2) is 12.3 Å². The van der Waals surface area contributed by atoms with E-state index in [1.165, 1.54) is 6.20 Å². The maximum Gasteiger partial charge on any atom is 0.216 e. The number of aromatic nitrogens is 1. The van der Waals surface area contributed by atoms with Crippen LogP contribution in [0.5, 0.6) is 0 Å². The fraction of sp³-hybridized carbons (Fsp3) is 0.222. The second-order valence-corrected chi connectivity index (χ2v) is 2.48. The van der Waals surface area contributed by atoms with Crippen LogP contribution in [0.4, 0.5) is 4.39 Å². The molecule has 62 valence electrons. The van der Waals surface area contributed by atoms with Crippen molar-refractivity contribution in [2.45, 2.75) is 6.92 Å². The van der Waals surface area contributed by atoms with Crippen LogP contribution in [0.1, 0.15) is 11.1 Å². The van der Waals surface area contributed by atoms with Gasteiger partial charge in [-0.05, 0) is 13.0 Å².